The number of benzene rings is 1. The molecule has 0 saturated carbocycles. The molecule has 3 nitrogen and oxygen atoms in total. The van der Waals surface area contributed by atoms with Crippen molar-refractivity contribution >= 4 is 28.3 Å². The smallest absolute Gasteiger partial charge is 0.134 e. The van der Waals surface area contributed by atoms with Crippen LogP contribution < -0.4 is 5.32 Å². The highest BCUT2D eigenvalue weighted by atomic mass is 79.9. The quantitative estimate of drug-likeness (QED) is 0.874. The number of halogens is 3. The summed E-state index contributed by atoms with van der Waals surface area (Å²) in [7, 11) is 0. The molecule has 19 heavy (non-hydrogen) atoms. The van der Waals surface area contributed by atoms with Crippen LogP contribution in [0.5, 0.6) is 5.75 Å². The summed E-state index contributed by atoms with van der Waals surface area (Å²) in [6.45, 7) is 3.23. The van der Waals surface area contributed by atoms with E-state index in [4.69, 9.17) is 0 Å². The molecular weight excluding hydrogens is 335 g/mol. The minimum atomic E-state index is -0.374. The lowest BCUT2D eigenvalue weighted by molar-refractivity contribution is 0.155. The Bertz CT molecular complexity index is 402. The van der Waals surface area contributed by atoms with Gasteiger partial charge in [-0.1, -0.05) is 12.1 Å². The fourth-order valence-electron chi connectivity index (χ4n) is 2.43. The molecule has 0 bridgehead atoms. The van der Waals surface area contributed by atoms with Crippen LogP contribution in [0.1, 0.15) is 18.0 Å². The van der Waals surface area contributed by atoms with Crippen LogP contribution >= 0.6 is 28.3 Å². The molecule has 1 fully saturated rings. The first kappa shape index (κ1) is 16.7. The summed E-state index contributed by atoms with van der Waals surface area (Å²) in [6.07, 6.45) is 0.421. The Morgan fingerprint density at radius 2 is 2.05 bits per heavy atom. The number of aromatic hydroxyl groups is 1. The number of phenols is 1. The predicted octanol–water partition coefficient (Wildman–Crippen LogP) is 2.88. The molecule has 0 spiro atoms. The molecule has 0 amide bonds. The van der Waals surface area contributed by atoms with Crippen molar-refractivity contribution in [3.8, 4) is 5.75 Å². The second kappa shape index (κ2) is 8.04. The van der Waals surface area contributed by atoms with Crippen molar-refractivity contribution in [2.75, 3.05) is 32.9 Å². The Hall–Kier alpha value is -0.360. The molecule has 2 N–H and O–H groups in total. The van der Waals surface area contributed by atoms with Crippen LogP contribution in [0.25, 0.3) is 0 Å². The molecule has 1 aromatic rings. The van der Waals surface area contributed by atoms with Crippen LogP contribution in [0.15, 0.2) is 22.7 Å². The molecule has 0 aliphatic carbocycles. The van der Waals surface area contributed by atoms with Crippen molar-refractivity contribution in [2.24, 2.45) is 0 Å². The van der Waals surface area contributed by atoms with Crippen molar-refractivity contribution in [3.63, 3.8) is 0 Å². The number of hydrogen-bond acceptors (Lipinski definition) is 3. The first-order chi connectivity index (χ1) is 8.74. The zero-order chi connectivity index (χ0) is 13.0. The molecule has 0 radical (unpaired) electrons. The monoisotopic (exact) mass is 352 g/mol. The fourth-order valence-corrected chi connectivity index (χ4v) is 2.81. The van der Waals surface area contributed by atoms with E-state index in [1.165, 1.54) is 0 Å². The molecular formula is C13H19BrClFN2O. The maximum absolute atomic E-state index is 12.8. The number of nitrogens with one attached hydrogen (secondary N) is 1. The SMILES string of the molecule is Cl.Oc1c(Br)cccc1[C@@H](CCF)N1CCNCC1. The van der Waals surface area contributed by atoms with Gasteiger partial charge >= 0.3 is 0 Å². The molecule has 0 aromatic heterocycles. The van der Waals surface area contributed by atoms with Crippen molar-refractivity contribution in [1.82, 2.24) is 10.2 Å². The predicted molar refractivity (Wildman–Crippen MR) is 80.8 cm³/mol. The van der Waals surface area contributed by atoms with E-state index in [9.17, 15) is 9.50 Å². The van der Waals surface area contributed by atoms with Crippen molar-refractivity contribution in [2.45, 2.75) is 12.5 Å². The van der Waals surface area contributed by atoms with Crippen molar-refractivity contribution in [3.05, 3.63) is 28.2 Å². The van der Waals surface area contributed by atoms with Gasteiger partial charge < -0.3 is 10.4 Å². The largest absolute Gasteiger partial charge is 0.506 e. The molecule has 1 aromatic carbocycles. The average molecular weight is 354 g/mol. The first-order valence-corrected chi connectivity index (χ1v) is 7.01. The van der Waals surface area contributed by atoms with Gasteiger partial charge in [0.15, 0.2) is 0 Å². The average Bonchev–Trinajstić information content (AvgIpc) is 2.41. The minimum Gasteiger partial charge on any atom is -0.506 e. The minimum absolute atomic E-state index is 0. The lowest BCUT2D eigenvalue weighted by Crippen LogP contribution is -2.45. The van der Waals surface area contributed by atoms with Gasteiger partial charge in [-0.15, -0.1) is 12.4 Å². The summed E-state index contributed by atoms with van der Waals surface area (Å²) in [5, 5.41) is 13.4. The number of piperazine rings is 1. The summed E-state index contributed by atoms with van der Waals surface area (Å²) in [4.78, 5) is 2.23. The number of hydrogen-bond donors (Lipinski definition) is 2. The van der Waals surface area contributed by atoms with Crippen LogP contribution in [0.4, 0.5) is 4.39 Å². The Balaban J connectivity index is 0.00000180. The second-order valence-corrected chi connectivity index (χ2v) is 5.31. The van der Waals surface area contributed by atoms with Crippen LogP contribution in [-0.2, 0) is 0 Å². The van der Waals surface area contributed by atoms with E-state index < -0.39 is 0 Å². The number of para-hydroxylation sites is 1. The molecule has 1 heterocycles. The third kappa shape index (κ3) is 4.05. The maximum Gasteiger partial charge on any atom is 0.134 e. The van der Waals surface area contributed by atoms with Crippen molar-refractivity contribution in [1.29, 1.82) is 0 Å². The Labute approximate surface area is 127 Å². The summed E-state index contributed by atoms with van der Waals surface area (Å²) in [5.74, 6) is 0.231. The third-order valence-electron chi connectivity index (χ3n) is 3.35. The van der Waals surface area contributed by atoms with Gasteiger partial charge in [-0.05, 0) is 28.4 Å². The number of nitrogens with zero attached hydrogens (tertiary/aromatic N) is 1. The van der Waals surface area contributed by atoms with E-state index in [0.717, 1.165) is 31.7 Å². The van der Waals surface area contributed by atoms with E-state index in [1.807, 2.05) is 12.1 Å². The summed E-state index contributed by atoms with van der Waals surface area (Å²) >= 11 is 3.31. The molecule has 0 unspecified atom stereocenters. The molecule has 108 valence electrons. The molecule has 2 rings (SSSR count). The van der Waals surface area contributed by atoms with Gasteiger partial charge in [0.05, 0.1) is 11.1 Å². The van der Waals surface area contributed by atoms with E-state index >= 15 is 0 Å². The summed E-state index contributed by atoms with van der Waals surface area (Å²) in [5.41, 5.74) is 0.809. The fraction of sp³-hybridized carbons (Fsp3) is 0.538. The van der Waals surface area contributed by atoms with Crippen LogP contribution in [-0.4, -0.2) is 42.9 Å². The van der Waals surface area contributed by atoms with Crippen LogP contribution in [0.3, 0.4) is 0 Å². The molecule has 1 saturated heterocycles. The molecule has 6 heteroatoms. The lowest BCUT2D eigenvalue weighted by Gasteiger charge is -2.35. The normalized spacial score (nSPS) is 17.8. The Morgan fingerprint density at radius 3 is 2.68 bits per heavy atom. The highest BCUT2D eigenvalue weighted by Crippen LogP contribution is 2.36. The highest BCUT2D eigenvalue weighted by molar-refractivity contribution is 9.10. The highest BCUT2D eigenvalue weighted by Gasteiger charge is 2.24. The van der Waals surface area contributed by atoms with Crippen LogP contribution in [0, 0.1) is 0 Å². The first-order valence-electron chi connectivity index (χ1n) is 6.22. The van der Waals surface area contributed by atoms with E-state index in [1.54, 1.807) is 6.07 Å². The third-order valence-corrected chi connectivity index (χ3v) is 3.99. The number of alkyl halides is 1. The van der Waals surface area contributed by atoms with Gasteiger partial charge in [0.1, 0.15) is 5.75 Å². The number of phenolic OH excluding ortho intramolecular Hbond substituents is 1. The topological polar surface area (TPSA) is 35.5 Å². The van der Waals surface area contributed by atoms with Gasteiger partial charge in [-0.2, -0.15) is 0 Å². The maximum atomic E-state index is 12.8. The number of rotatable bonds is 4. The van der Waals surface area contributed by atoms with Gasteiger partial charge in [0.25, 0.3) is 0 Å². The zero-order valence-corrected chi connectivity index (χ0v) is 13.0. The Kier molecular flexibility index (Phi) is 7.07. The molecule has 1 aliphatic heterocycles. The summed E-state index contributed by atoms with van der Waals surface area (Å²) in [6, 6.07) is 5.51. The van der Waals surface area contributed by atoms with Gasteiger partial charge in [-0.3, -0.25) is 9.29 Å². The van der Waals surface area contributed by atoms with E-state index in [2.05, 4.69) is 26.1 Å². The van der Waals surface area contributed by atoms with Gasteiger partial charge in [0, 0.05) is 37.8 Å². The zero-order valence-electron chi connectivity index (χ0n) is 10.6. The molecule has 1 aliphatic rings. The Morgan fingerprint density at radius 1 is 1.37 bits per heavy atom. The van der Waals surface area contributed by atoms with E-state index in [-0.39, 0.29) is 30.9 Å². The van der Waals surface area contributed by atoms with Crippen LogP contribution in [0.2, 0.25) is 0 Å². The van der Waals surface area contributed by atoms with Gasteiger partial charge in [-0.25, -0.2) is 0 Å². The standard InChI is InChI=1S/C13H18BrFN2O.ClH/c14-11-3-1-2-10(13(11)18)12(4-5-15)17-8-6-16-7-9-17;/h1-3,12,16,18H,4-9H2;1H/t12-;/m1./s1. The lowest BCUT2D eigenvalue weighted by atomic mass is 10.0. The second-order valence-electron chi connectivity index (χ2n) is 4.46. The van der Waals surface area contributed by atoms with Gasteiger partial charge in [0.2, 0.25) is 0 Å². The summed E-state index contributed by atoms with van der Waals surface area (Å²) < 4.78 is 13.4. The van der Waals surface area contributed by atoms with Crippen molar-refractivity contribution < 1.29 is 9.50 Å². The van der Waals surface area contributed by atoms with E-state index in [0.29, 0.717) is 10.9 Å². The molecule has 1 atom stereocenters.